The van der Waals surface area contributed by atoms with Crippen molar-refractivity contribution in [2.75, 3.05) is 4.90 Å². The van der Waals surface area contributed by atoms with Crippen LogP contribution >= 0.6 is 0 Å². The van der Waals surface area contributed by atoms with Gasteiger partial charge in [-0.3, -0.25) is 0 Å². The number of rotatable bonds is 6. The summed E-state index contributed by atoms with van der Waals surface area (Å²) < 4.78 is 8.93. The summed E-state index contributed by atoms with van der Waals surface area (Å²) in [6, 6.07) is 73.9. The lowest BCUT2D eigenvalue weighted by Gasteiger charge is -2.27. The molecule has 0 radical (unpaired) electrons. The van der Waals surface area contributed by atoms with Crippen molar-refractivity contribution in [3.63, 3.8) is 0 Å². The molecular weight excluding hydrogens is 669 g/mol. The number of hydrogen-bond donors (Lipinski definition) is 0. The summed E-state index contributed by atoms with van der Waals surface area (Å²) in [5.41, 5.74) is 13.3. The number of fused-ring (bicyclic) bond motifs is 8. The van der Waals surface area contributed by atoms with Crippen LogP contribution in [-0.4, -0.2) is 4.57 Å². The van der Waals surface area contributed by atoms with Gasteiger partial charge >= 0.3 is 0 Å². The number of furan rings is 1. The second-order valence-corrected chi connectivity index (χ2v) is 14.1. The molecule has 55 heavy (non-hydrogen) atoms. The van der Waals surface area contributed by atoms with E-state index in [1.54, 1.807) is 0 Å². The molecule has 0 bridgehead atoms. The van der Waals surface area contributed by atoms with Crippen molar-refractivity contribution in [3.8, 4) is 27.9 Å². The smallest absolute Gasteiger partial charge is 0.143 e. The summed E-state index contributed by atoms with van der Waals surface area (Å²) in [7, 11) is 0. The fraction of sp³-hybridized carbons (Fsp3) is 0. The Morgan fingerprint density at radius 1 is 0.345 bits per heavy atom. The molecule has 3 heteroatoms. The highest BCUT2D eigenvalue weighted by Crippen LogP contribution is 2.44. The van der Waals surface area contributed by atoms with Gasteiger partial charge in [-0.1, -0.05) is 146 Å². The van der Waals surface area contributed by atoms with Crippen molar-refractivity contribution in [1.29, 1.82) is 0 Å². The molecule has 0 atom stereocenters. The molecule has 0 spiro atoms. The SMILES string of the molecule is c1ccc(-c2ccc(-c3ccc(N(c4cccc(-n5c6ccccc6c6ccccc65)c4)c4cccc5c4ccc4c6ccccc6oc54)cc3)cc2)cc1. The van der Waals surface area contributed by atoms with Crippen LogP contribution in [0.1, 0.15) is 0 Å². The van der Waals surface area contributed by atoms with Gasteiger partial charge in [-0.25, -0.2) is 0 Å². The van der Waals surface area contributed by atoms with Crippen LogP contribution in [0.25, 0.3) is 82.5 Å². The third-order valence-electron chi connectivity index (χ3n) is 11.0. The van der Waals surface area contributed by atoms with Crippen LogP contribution in [0.3, 0.4) is 0 Å². The van der Waals surface area contributed by atoms with Crippen LogP contribution in [0, 0.1) is 0 Å². The van der Waals surface area contributed by atoms with Gasteiger partial charge in [-0.2, -0.15) is 0 Å². The average Bonchev–Trinajstić information content (AvgIpc) is 3.81. The Labute approximate surface area is 318 Å². The van der Waals surface area contributed by atoms with E-state index in [2.05, 4.69) is 204 Å². The molecule has 0 fully saturated rings. The summed E-state index contributed by atoms with van der Waals surface area (Å²) in [5.74, 6) is 0. The van der Waals surface area contributed by atoms with Crippen molar-refractivity contribution in [1.82, 2.24) is 4.57 Å². The highest BCUT2D eigenvalue weighted by atomic mass is 16.3. The largest absolute Gasteiger partial charge is 0.455 e. The first-order valence-corrected chi connectivity index (χ1v) is 18.8. The lowest BCUT2D eigenvalue weighted by atomic mass is 9.99. The number of anilines is 3. The van der Waals surface area contributed by atoms with E-state index in [0.717, 1.165) is 55.5 Å². The van der Waals surface area contributed by atoms with Crippen molar-refractivity contribution in [2.45, 2.75) is 0 Å². The van der Waals surface area contributed by atoms with Gasteiger partial charge in [0.1, 0.15) is 11.2 Å². The van der Waals surface area contributed by atoms with Crippen LogP contribution in [0.4, 0.5) is 17.1 Å². The molecule has 2 heterocycles. The summed E-state index contributed by atoms with van der Waals surface area (Å²) in [6.07, 6.45) is 0. The molecule has 0 saturated heterocycles. The second kappa shape index (κ2) is 12.6. The minimum Gasteiger partial charge on any atom is -0.455 e. The van der Waals surface area contributed by atoms with Crippen LogP contribution in [-0.2, 0) is 0 Å². The van der Waals surface area contributed by atoms with Gasteiger partial charge in [0.25, 0.3) is 0 Å². The molecule has 0 saturated carbocycles. The van der Waals surface area contributed by atoms with E-state index in [1.807, 2.05) is 12.1 Å². The first-order chi connectivity index (χ1) is 27.3. The lowest BCUT2D eigenvalue weighted by Crippen LogP contribution is -2.11. The summed E-state index contributed by atoms with van der Waals surface area (Å²) in [5, 5.41) is 6.96. The maximum absolute atomic E-state index is 6.54. The van der Waals surface area contributed by atoms with Gasteiger partial charge in [-0.05, 0) is 82.9 Å². The number of benzene rings is 9. The Morgan fingerprint density at radius 3 is 1.58 bits per heavy atom. The van der Waals surface area contributed by atoms with E-state index in [4.69, 9.17) is 4.42 Å². The third kappa shape index (κ3) is 5.13. The van der Waals surface area contributed by atoms with Crippen molar-refractivity contribution in [2.24, 2.45) is 0 Å². The lowest BCUT2D eigenvalue weighted by molar-refractivity contribution is 0.672. The van der Waals surface area contributed by atoms with Gasteiger partial charge in [0, 0.05) is 49.4 Å². The molecule has 0 aliphatic rings. The fourth-order valence-corrected chi connectivity index (χ4v) is 8.41. The zero-order valence-electron chi connectivity index (χ0n) is 29.9. The quantitative estimate of drug-likeness (QED) is 0.172. The molecule has 0 aliphatic heterocycles. The summed E-state index contributed by atoms with van der Waals surface area (Å²) in [4.78, 5) is 2.39. The van der Waals surface area contributed by atoms with Crippen LogP contribution in [0.2, 0.25) is 0 Å². The molecule has 0 unspecified atom stereocenters. The summed E-state index contributed by atoms with van der Waals surface area (Å²) in [6.45, 7) is 0. The highest BCUT2D eigenvalue weighted by Gasteiger charge is 2.20. The van der Waals surface area contributed by atoms with Crippen LogP contribution < -0.4 is 4.90 Å². The second-order valence-electron chi connectivity index (χ2n) is 14.1. The molecule has 0 aliphatic carbocycles. The minimum atomic E-state index is 0.901. The van der Waals surface area contributed by atoms with Gasteiger partial charge in [0.15, 0.2) is 0 Å². The van der Waals surface area contributed by atoms with E-state index in [1.165, 1.54) is 44.1 Å². The Bertz CT molecular complexity index is 3140. The molecule has 11 rings (SSSR count). The predicted octanol–water partition coefficient (Wildman–Crippen LogP) is 14.6. The number of hydrogen-bond acceptors (Lipinski definition) is 2. The van der Waals surface area contributed by atoms with Crippen molar-refractivity contribution in [3.05, 3.63) is 206 Å². The predicted molar refractivity (Wildman–Crippen MR) is 231 cm³/mol. The maximum Gasteiger partial charge on any atom is 0.143 e. The van der Waals surface area contributed by atoms with E-state index in [-0.39, 0.29) is 0 Å². The van der Waals surface area contributed by atoms with Gasteiger partial charge in [0.2, 0.25) is 0 Å². The van der Waals surface area contributed by atoms with Crippen molar-refractivity contribution >= 4 is 71.6 Å². The third-order valence-corrected chi connectivity index (χ3v) is 11.0. The number of aromatic nitrogens is 1. The number of nitrogens with zero attached hydrogens (tertiary/aromatic N) is 2. The first kappa shape index (κ1) is 31.2. The average molecular weight is 703 g/mol. The Kier molecular flexibility index (Phi) is 7.17. The molecule has 2 aromatic heterocycles. The molecule has 0 N–H and O–H groups in total. The van der Waals surface area contributed by atoms with E-state index >= 15 is 0 Å². The van der Waals surface area contributed by atoms with E-state index in [0.29, 0.717) is 0 Å². The minimum absolute atomic E-state index is 0.901. The monoisotopic (exact) mass is 702 g/mol. The molecule has 3 nitrogen and oxygen atoms in total. The topological polar surface area (TPSA) is 21.3 Å². The summed E-state index contributed by atoms with van der Waals surface area (Å²) >= 11 is 0. The normalized spacial score (nSPS) is 11.6. The van der Waals surface area contributed by atoms with Crippen LogP contribution in [0.15, 0.2) is 211 Å². The van der Waals surface area contributed by atoms with Gasteiger partial charge in [0.05, 0.1) is 16.7 Å². The zero-order chi connectivity index (χ0) is 36.3. The highest BCUT2D eigenvalue weighted by molar-refractivity contribution is 6.18. The number of para-hydroxylation sites is 3. The zero-order valence-corrected chi connectivity index (χ0v) is 29.9. The van der Waals surface area contributed by atoms with E-state index in [9.17, 15) is 0 Å². The molecular formula is C52H34N2O. The Balaban J connectivity index is 1.08. The molecule has 0 amide bonds. The van der Waals surface area contributed by atoms with Gasteiger partial charge in [-0.15, -0.1) is 0 Å². The molecule has 11 aromatic rings. The van der Waals surface area contributed by atoms with Crippen molar-refractivity contribution < 1.29 is 4.42 Å². The first-order valence-electron chi connectivity index (χ1n) is 18.8. The maximum atomic E-state index is 6.54. The van der Waals surface area contributed by atoms with Gasteiger partial charge < -0.3 is 13.9 Å². The van der Waals surface area contributed by atoms with Crippen LogP contribution in [0.5, 0.6) is 0 Å². The standard InChI is InChI=1S/C52H34N2O/c1-2-12-35(13-3-1)36-24-26-37(27-25-36)38-28-30-39(31-29-38)53(48-22-11-19-46-44(48)32-33-47-45-18-6-9-23-51(45)55-52(46)47)40-14-10-15-41(34-40)54-49-20-7-4-16-42(49)43-17-5-8-21-50(43)54/h1-34H. The Morgan fingerprint density at radius 2 is 0.873 bits per heavy atom. The fourth-order valence-electron chi connectivity index (χ4n) is 8.41. The van der Waals surface area contributed by atoms with E-state index < -0.39 is 0 Å². The molecule has 258 valence electrons. The molecule has 9 aromatic carbocycles. The Hall–Kier alpha value is -7.36.